The molecule has 0 aromatic rings. The molecule has 0 aromatic heterocycles. The van der Waals surface area contributed by atoms with Crippen LogP contribution in [0, 0.1) is 0 Å². The van der Waals surface area contributed by atoms with Crippen molar-refractivity contribution in [3.63, 3.8) is 0 Å². The fourth-order valence-corrected chi connectivity index (χ4v) is 1.82. The second-order valence-electron chi connectivity index (χ2n) is 3.33. The van der Waals surface area contributed by atoms with Crippen LogP contribution in [-0.4, -0.2) is 30.3 Å². The maximum atomic E-state index is 10.3. The van der Waals surface area contributed by atoms with Gasteiger partial charge >= 0.3 is 0 Å². The molecule has 2 N–H and O–H groups in total. The number of aliphatic hydroxyl groups is 1. The van der Waals surface area contributed by atoms with Gasteiger partial charge in [0.05, 0.1) is 12.7 Å². The second-order valence-corrected chi connectivity index (χ2v) is 4.87. The summed E-state index contributed by atoms with van der Waals surface area (Å²) >= 11 is 0. The summed E-state index contributed by atoms with van der Waals surface area (Å²) in [6.45, 7) is -0.0788. The lowest BCUT2D eigenvalue weighted by Gasteiger charge is -2.35. The van der Waals surface area contributed by atoms with Crippen molar-refractivity contribution in [1.29, 1.82) is 0 Å². The van der Waals surface area contributed by atoms with E-state index in [-0.39, 0.29) is 12.7 Å². The maximum absolute atomic E-state index is 10.3. The molecule has 84 valence electrons. The van der Waals surface area contributed by atoms with Crippen molar-refractivity contribution in [1.82, 2.24) is 5.32 Å². The van der Waals surface area contributed by atoms with E-state index in [1.165, 1.54) is 0 Å². The van der Waals surface area contributed by atoms with E-state index in [0.29, 0.717) is 6.42 Å². The molecule has 0 bridgehead atoms. The van der Waals surface area contributed by atoms with Gasteiger partial charge < -0.3 is 24.2 Å². The van der Waals surface area contributed by atoms with E-state index in [1.54, 1.807) is 0 Å². The minimum absolute atomic E-state index is 0.0788. The SMILES string of the molecule is O=P([O-])([O-])CN[C@H]1CCCC(CO)O1. The Morgan fingerprint density at radius 3 is 2.79 bits per heavy atom. The average molecular weight is 223 g/mol. The van der Waals surface area contributed by atoms with Crippen LogP contribution >= 0.6 is 7.60 Å². The Hall–Kier alpha value is 0.0300. The zero-order valence-electron chi connectivity index (χ0n) is 7.72. The van der Waals surface area contributed by atoms with E-state index in [1.807, 2.05) is 0 Å². The van der Waals surface area contributed by atoms with Crippen LogP contribution in [0.1, 0.15) is 19.3 Å². The van der Waals surface area contributed by atoms with E-state index in [9.17, 15) is 14.4 Å². The molecule has 7 heteroatoms. The van der Waals surface area contributed by atoms with Crippen molar-refractivity contribution >= 4 is 7.60 Å². The third-order valence-electron chi connectivity index (χ3n) is 2.07. The summed E-state index contributed by atoms with van der Waals surface area (Å²) in [5.41, 5.74) is 0. The van der Waals surface area contributed by atoms with Gasteiger partial charge in [-0.1, -0.05) is 7.60 Å². The van der Waals surface area contributed by atoms with E-state index in [2.05, 4.69) is 5.32 Å². The van der Waals surface area contributed by atoms with Crippen molar-refractivity contribution in [2.45, 2.75) is 31.6 Å². The summed E-state index contributed by atoms with van der Waals surface area (Å²) in [5.74, 6) is 0. The highest BCUT2D eigenvalue weighted by atomic mass is 31.2. The van der Waals surface area contributed by atoms with Crippen molar-refractivity contribution in [2.24, 2.45) is 0 Å². The lowest BCUT2D eigenvalue weighted by Crippen LogP contribution is -2.42. The van der Waals surface area contributed by atoms with Crippen molar-refractivity contribution in [2.75, 3.05) is 12.9 Å². The summed E-state index contributed by atoms with van der Waals surface area (Å²) in [5, 5.41) is 11.3. The summed E-state index contributed by atoms with van der Waals surface area (Å²) in [4.78, 5) is 20.7. The molecule has 1 fully saturated rings. The van der Waals surface area contributed by atoms with Crippen LogP contribution in [0.3, 0.4) is 0 Å². The first-order chi connectivity index (χ1) is 6.51. The van der Waals surface area contributed by atoms with E-state index in [0.717, 1.165) is 12.8 Å². The highest BCUT2D eigenvalue weighted by Crippen LogP contribution is 2.22. The molecule has 1 rings (SSSR count). The largest absolute Gasteiger partial charge is 0.810 e. The van der Waals surface area contributed by atoms with Crippen molar-refractivity contribution < 1.29 is 24.2 Å². The minimum Gasteiger partial charge on any atom is -0.810 e. The van der Waals surface area contributed by atoms with Gasteiger partial charge in [0.2, 0.25) is 0 Å². The number of aliphatic hydroxyl groups excluding tert-OH is 1. The molecular weight excluding hydrogens is 209 g/mol. The topological polar surface area (TPSA) is 105 Å². The van der Waals surface area contributed by atoms with Gasteiger partial charge in [-0.2, -0.15) is 0 Å². The molecule has 1 saturated heterocycles. The smallest absolute Gasteiger partial charge is 0.108 e. The summed E-state index contributed by atoms with van der Waals surface area (Å²) in [6, 6.07) is 0. The van der Waals surface area contributed by atoms with Crippen molar-refractivity contribution in [3.8, 4) is 0 Å². The molecule has 6 nitrogen and oxygen atoms in total. The Balaban J connectivity index is 2.27. The molecule has 1 aliphatic heterocycles. The van der Waals surface area contributed by atoms with Gasteiger partial charge in [0.15, 0.2) is 0 Å². The van der Waals surface area contributed by atoms with Gasteiger partial charge in [-0.05, 0) is 19.3 Å². The predicted octanol–water partition coefficient (Wildman–Crippen LogP) is -1.67. The molecular formula is C7H14NO5P-2. The normalized spacial score (nSPS) is 29.1. The number of hydrogen-bond donors (Lipinski definition) is 2. The van der Waals surface area contributed by atoms with Gasteiger partial charge in [-0.25, -0.2) is 0 Å². The molecule has 1 unspecified atom stereocenters. The Labute approximate surface area is 82.4 Å². The van der Waals surface area contributed by atoms with Crippen LogP contribution in [0.25, 0.3) is 0 Å². The highest BCUT2D eigenvalue weighted by Gasteiger charge is 2.20. The molecule has 1 heterocycles. The minimum atomic E-state index is -4.51. The molecule has 0 saturated carbocycles. The second kappa shape index (κ2) is 5.21. The molecule has 2 atom stereocenters. The molecule has 0 radical (unpaired) electrons. The monoisotopic (exact) mass is 223 g/mol. The third-order valence-corrected chi connectivity index (χ3v) is 2.64. The van der Waals surface area contributed by atoms with Crippen LogP contribution in [0.5, 0.6) is 0 Å². The Bertz CT molecular complexity index is 218. The molecule has 0 aliphatic carbocycles. The maximum Gasteiger partial charge on any atom is 0.108 e. The summed E-state index contributed by atoms with van der Waals surface area (Å²) in [6.07, 6.45) is 0.995. The fraction of sp³-hybridized carbons (Fsp3) is 1.00. The lowest BCUT2D eigenvalue weighted by molar-refractivity contribution is -0.314. The van der Waals surface area contributed by atoms with Crippen LogP contribution in [0.4, 0.5) is 0 Å². The first-order valence-corrected chi connectivity index (χ1v) is 6.25. The third kappa shape index (κ3) is 4.50. The van der Waals surface area contributed by atoms with Gasteiger partial charge in [0.25, 0.3) is 0 Å². The van der Waals surface area contributed by atoms with E-state index in [4.69, 9.17) is 9.84 Å². The Kier molecular flexibility index (Phi) is 4.50. The molecule has 1 aliphatic rings. The fourth-order valence-electron chi connectivity index (χ4n) is 1.40. The first-order valence-electron chi connectivity index (χ1n) is 4.52. The molecule has 0 spiro atoms. The number of nitrogens with one attached hydrogen (secondary N) is 1. The average Bonchev–Trinajstić information content (AvgIpc) is 2.14. The predicted molar refractivity (Wildman–Crippen MR) is 45.2 cm³/mol. The van der Waals surface area contributed by atoms with E-state index >= 15 is 0 Å². The first kappa shape index (κ1) is 12.1. The van der Waals surface area contributed by atoms with Crippen LogP contribution in [0.2, 0.25) is 0 Å². The van der Waals surface area contributed by atoms with Crippen molar-refractivity contribution in [3.05, 3.63) is 0 Å². The Morgan fingerprint density at radius 2 is 2.21 bits per heavy atom. The standard InChI is InChI=1S/C7H16NO5P/c9-4-6-2-1-3-7(13-6)8-5-14(10,11)12/h6-9H,1-5H2,(H2,10,11,12)/p-2/t6?,7-/m1/s1. The molecule has 0 aromatic carbocycles. The van der Waals surface area contributed by atoms with Gasteiger partial charge in [-0.3, -0.25) is 5.32 Å². The van der Waals surface area contributed by atoms with Crippen LogP contribution in [0.15, 0.2) is 0 Å². The van der Waals surface area contributed by atoms with Crippen LogP contribution < -0.4 is 15.1 Å². The van der Waals surface area contributed by atoms with Gasteiger partial charge in [-0.15, -0.1) is 0 Å². The lowest BCUT2D eigenvalue weighted by atomic mass is 10.1. The zero-order chi connectivity index (χ0) is 10.6. The van der Waals surface area contributed by atoms with Crippen LogP contribution in [-0.2, 0) is 9.30 Å². The summed E-state index contributed by atoms with van der Waals surface area (Å²) < 4.78 is 15.6. The molecule has 0 amide bonds. The number of ether oxygens (including phenoxy) is 1. The highest BCUT2D eigenvalue weighted by molar-refractivity contribution is 7.48. The van der Waals surface area contributed by atoms with Gasteiger partial charge in [0, 0.05) is 6.29 Å². The van der Waals surface area contributed by atoms with Gasteiger partial charge in [0.1, 0.15) is 6.23 Å². The Morgan fingerprint density at radius 1 is 1.50 bits per heavy atom. The zero-order valence-corrected chi connectivity index (χ0v) is 8.61. The summed E-state index contributed by atoms with van der Waals surface area (Å²) in [7, 11) is -4.51. The van der Waals surface area contributed by atoms with E-state index < -0.39 is 20.1 Å². The number of rotatable bonds is 4. The quantitative estimate of drug-likeness (QED) is 0.552. The number of hydrogen-bond acceptors (Lipinski definition) is 6. The molecule has 14 heavy (non-hydrogen) atoms.